The maximum atomic E-state index is 5.62. The van der Waals surface area contributed by atoms with Crippen molar-refractivity contribution in [2.45, 2.75) is 33.4 Å². The second-order valence-electron chi connectivity index (χ2n) is 4.98. The first-order valence-electron chi connectivity index (χ1n) is 6.55. The van der Waals surface area contributed by atoms with E-state index in [4.69, 9.17) is 11.5 Å². The van der Waals surface area contributed by atoms with Crippen molar-refractivity contribution in [2.24, 2.45) is 0 Å². The molecular formula is C14H20N6. The van der Waals surface area contributed by atoms with Gasteiger partial charge in [0.1, 0.15) is 0 Å². The number of nitrogen functional groups attached to an aromatic ring is 2. The van der Waals surface area contributed by atoms with Gasteiger partial charge in [0.2, 0.25) is 11.9 Å². The highest BCUT2D eigenvalue weighted by Gasteiger charge is 2.15. The molecule has 6 heteroatoms. The van der Waals surface area contributed by atoms with Crippen molar-refractivity contribution in [3.63, 3.8) is 0 Å². The van der Waals surface area contributed by atoms with Crippen LogP contribution in [0.25, 0.3) is 0 Å². The summed E-state index contributed by atoms with van der Waals surface area (Å²) in [6.07, 6.45) is 0. The average Bonchev–Trinajstić information content (AvgIpc) is 2.35. The molecular weight excluding hydrogens is 252 g/mol. The van der Waals surface area contributed by atoms with Crippen LogP contribution in [0.3, 0.4) is 0 Å². The van der Waals surface area contributed by atoms with Crippen LogP contribution >= 0.6 is 0 Å². The van der Waals surface area contributed by atoms with E-state index in [-0.39, 0.29) is 11.9 Å². The Labute approximate surface area is 118 Å². The van der Waals surface area contributed by atoms with Crippen molar-refractivity contribution in [3.8, 4) is 0 Å². The van der Waals surface area contributed by atoms with Gasteiger partial charge in [-0.15, -0.1) is 0 Å². The Bertz CT molecular complexity index is 576. The summed E-state index contributed by atoms with van der Waals surface area (Å²) in [4.78, 5) is 14.3. The SMILES string of the molecule is Cc1ccccc1N(Cc1nc(N)nc(N)n1)C(C)C. The summed E-state index contributed by atoms with van der Waals surface area (Å²) in [5.74, 6) is 0.883. The highest BCUT2D eigenvalue weighted by Crippen LogP contribution is 2.23. The Morgan fingerprint density at radius 1 is 1.05 bits per heavy atom. The molecule has 0 atom stereocenters. The van der Waals surface area contributed by atoms with E-state index >= 15 is 0 Å². The number of hydrogen-bond donors (Lipinski definition) is 2. The van der Waals surface area contributed by atoms with Gasteiger partial charge in [0.05, 0.1) is 6.54 Å². The molecule has 0 saturated carbocycles. The number of aryl methyl sites for hydroxylation is 1. The van der Waals surface area contributed by atoms with Gasteiger partial charge >= 0.3 is 0 Å². The molecule has 4 N–H and O–H groups in total. The van der Waals surface area contributed by atoms with E-state index in [1.165, 1.54) is 5.56 Å². The van der Waals surface area contributed by atoms with Gasteiger partial charge in [0, 0.05) is 11.7 Å². The molecule has 6 nitrogen and oxygen atoms in total. The zero-order valence-electron chi connectivity index (χ0n) is 12.0. The lowest BCUT2D eigenvalue weighted by atomic mass is 10.1. The predicted molar refractivity (Wildman–Crippen MR) is 81.1 cm³/mol. The van der Waals surface area contributed by atoms with Crippen molar-refractivity contribution in [3.05, 3.63) is 35.7 Å². The van der Waals surface area contributed by atoms with Gasteiger partial charge in [-0.2, -0.15) is 15.0 Å². The lowest BCUT2D eigenvalue weighted by molar-refractivity contribution is 0.659. The normalized spacial score (nSPS) is 10.8. The van der Waals surface area contributed by atoms with E-state index in [2.05, 4.69) is 52.8 Å². The molecule has 0 radical (unpaired) electrons. The van der Waals surface area contributed by atoms with E-state index < -0.39 is 0 Å². The van der Waals surface area contributed by atoms with Crippen LogP contribution in [0.2, 0.25) is 0 Å². The molecule has 0 spiro atoms. The number of para-hydroxylation sites is 1. The van der Waals surface area contributed by atoms with E-state index in [1.54, 1.807) is 0 Å². The van der Waals surface area contributed by atoms with Crippen LogP contribution in [-0.4, -0.2) is 21.0 Å². The zero-order chi connectivity index (χ0) is 14.7. The Balaban J connectivity index is 2.33. The predicted octanol–water partition coefficient (Wildman–Crippen LogP) is 1.76. The highest BCUT2D eigenvalue weighted by atomic mass is 15.2. The molecule has 0 fully saturated rings. The van der Waals surface area contributed by atoms with Gasteiger partial charge in [-0.1, -0.05) is 18.2 Å². The number of hydrogen-bond acceptors (Lipinski definition) is 6. The minimum atomic E-state index is 0.154. The Morgan fingerprint density at radius 3 is 2.20 bits per heavy atom. The standard InChI is InChI=1S/C14H20N6/c1-9(2)20(11-7-5-4-6-10(11)3)8-12-17-13(15)19-14(16)18-12/h4-7,9H,8H2,1-3H3,(H4,15,16,17,18,19). The minimum absolute atomic E-state index is 0.154. The molecule has 0 aliphatic rings. The van der Waals surface area contributed by atoms with Gasteiger partial charge in [-0.05, 0) is 32.4 Å². The van der Waals surface area contributed by atoms with Crippen LogP contribution < -0.4 is 16.4 Å². The third-order valence-corrected chi connectivity index (χ3v) is 3.08. The number of anilines is 3. The third-order valence-electron chi connectivity index (χ3n) is 3.08. The fourth-order valence-corrected chi connectivity index (χ4v) is 2.11. The molecule has 2 rings (SSSR count). The minimum Gasteiger partial charge on any atom is -0.368 e. The molecule has 106 valence electrons. The molecule has 0 bridgehead atoms. The topological polar surface area (TPSA) is 94.0 Å². The second kappa shape index (κ2) is 5.73. The van der Waals surface area contributed by atoms with Crippen LogP contribution in [0.5, 0.6) is 0 Å². The van der Waals surface area contributed by atoms with Gasteiger partial charge in [-0.25, -0.2) is 0 Å². The number of aromatic nitrogens is 3. The maximum absolute atomic E-state index is 5.62. The summed E-state index contributed by atoms with van der Waals surface area (Å²) in [7, 11) is 0. The summed E-state index contributed by atoms with van der Waals surface area (Å²) >= 11 is 0. The van der Waals surface area contributed by atoms with Crippen LogP contribution in [0.15, 0.2) is 24.3 Å². The molecule has 0 saturated heterocycles. The quantitative estimate of drug-likeness (QED) is 0.880. The molecule has 1 aromatic heterocycles. The Morgan fingerprint density at radius 2 is 1.65 bits per heavy atom. The van der Waals surface area contributed by atoms with E-state index in [1.807, 2.05) is 12.1 Å². The van der Waals surface area contributed by atoms with Crippen LogP contribution in [-0.2, 0) is 6.54 Å². The molecule has 0 aliphatic carbocycles. The van der Waals surface area contributed by atoms with Crippen LogP contribution in [0.4, 0.5) is 17.6 Å². The summed E-state index contributed by atoms with van der Waals surface area (Å²) in [6.45, 7) is 6.88. The third kappa shape index (κ3) is 3.14. The smallest absolute Gasteiger partial charge is 0.225 e. The molecule has 0 amide bonds. The first kappa shape index (κ1) is 14.0. The van der Waals surface area contributed by atoms with Crippen LogP contribution in [0.1, 0.15) is 25.2 Å². The number of nitrogens with two attached hydrogens (primary N) is 2. The van der Waals surface area contributed by atoms with Crippen molar-refractivity contribution in [1.82, 2.24) is 15.0 Å². The monoisotopic (exact) mass is 272 g/mol. The highest BCUT2D eigenvalue weighted by molar-refractivity contribution is 5.53. The lowest BCUT2D eigenvalue weighted by Gasteiger charge is -2.29. The largest absolute Gasteiger partial charge is 0.368 e. The summed E-state index contributed by atoms with van der Waals surface area (Å²) in [5, 5.41) is 0. The van der Waals surface area contributed by atoms with Crippen molar-refractivity contribution in [1.29, 1.82) is 0 Å². The van der Waals surface area contributed by atoms with Crippen molar-refractivity contribution < 1.29 is 0 Å². The fraction of sp³-hybridized carbons (Fsp3) is 0.357. The van der Waals surface area contributed by atoms with E-state index in [0.717, 1.165) is 5.69 Å². The first-order chi connectivity index (χ1) is 9.47. The van der Waals surface area contributed by atoms with E-state index in [0.29, 0.717) is 18.4 Å². The Hall–Kier alpha value is -2.37. The molecule has 20 heavy (non-hydrogen) atoms. The Kier molecular flexibility index (Phi) is 4.02. The number of nitrogens with zero attached hydrogens (tertiary/aromatic N) is 4. The van der Waals surface area contributed by atoms with Gasteiger partial charge in [0.15, 0.2) is 5.82 Å². The summed E-state index contributed by atoms with van der Waals surface area (Å²) in [6, 6.07) is 8.52. The molecule has 2 aromatic rings. The number of benzene rings is 1. The zero-order valence-corrected chi connectivity index (χ0v) is 12.0. The van der Waals surface area contributed by atoms with Crippen LogP contribution in [0, 0.1) is 6.92 Å². The van der Waals surface area contributed by atoms with Crippen molar-refractivity contribution >= 4 is 17.6 Å². The lowest BCUT2D eigenvalue weighted by Crippen LogP contribution is -2.31. The summed E-state index contributed by atoms with van der Waals surface area (Å²) < 4.78 is 0. The first-order valence-corrected chi connectivity index (χ1v) is 6.55. The van der Waals surface area contributed by atoms with Crippen molar-refractivity contribution in [2.75, 3.05) is 16.4 Å². The molecule has 1 aromatic carbocycles. The summed E-state index contributed by atoms with van der Waals surface area (Å²) in [5.41, 5.74) is 13.6. The van der Waals surface area contributed by atoms with Gasteiger partial charge in [0.25, 0.3) is 0 Å². The molecule has 1 heterocycles. The maximum Gasteiger partial charge on any atom is 0.225 e. The molecule has 0 aliphatic heterocycles. The van der Waals surface area contributed by atoms with Gasteiger partial charge in [-0.3, -0.25) is 0 Å². The molecule has 0 unspecified atom stereocenters. The number of rotatable bonds is 4. The second-order valence-corrected chi connectivity index (χ2v) is 4.98. The van der Waals surface area contributed by atoms with Gasteiger partial charge < -0.3 is 16.4 Å². The van der Waals surface area contributed by atoms with E-state index in [9.17, 15) is 0 Å². The fourth-order valence-electron chi connectivity index (χ4n) is 2.11. The average molecular weight is 272 g/mol.